The number of imide groups is 1. The van der Waals surface area contributed by atoms with E-state index in [2.05, 4.69) is 25.9 Å². The third-order valence-corrected chi connectivity index (χ3v) is 6.60. The van der Waals surface area contributed by atoms with Crippen LogP contribution in [-0.2, 0) is 17.4 Å². The number of amides is 2. The first-order valence-electron chi connectivity index (χ1n) is 11.0. The van der Waals surface area contributed by atoms with Gasteiger partial charge >= 0.3 is 6.18 Å². The van der Waals surface area contributed by atoms with Gasteiger partial charge in [-0.1, -0.05) is 12.1 Å². The van der Waals surface area contributed by atoms with Crippen molar-refractivity contribution in [3.8, 4) is 0 Å². The number of halogens is 3. The van der Waals surface area contributed by atoms with Crippen LogP contribution in [0.2, 0.25) is 0 Å². The molecule has 0 bridgehead atoms. The molecule has 180 valence electrons. The Morgan fingerprint density at radius 1 is 1.06 bits per heavy atom. The zero-order valence-corrected chi connectivity index (χ0v) is 19.0. The minimum absolute atomic E-state index is 0.224. The second kappa shape index (κ2) is 10.6. The lowest BCUT2D eigenvalue weighted by Gasteiger charge is -2.29. The maximum atomic E-state index is 12.7. The van der Waals surface area contributed by atoms with Gasteiger partial charge in [0, 0.05) is 18.3 Å². The molecule has 0 atom stereocenters. The van der Waals surface area contributed by atoms with Gasteiger partial charge in [-0.05, 0) is 80.2 Å². The molecule has 2 heterocycles. The monoisotopic (exact) mass is 491 g/mol. The van der Waals surface area contributed by atoms with Crippen molar-refractivity contribution in [3.05, 3.63) is 58.3 Å². The van der Waals surface area contributed by atoms with Crippen molar-refractivity contribution in [1.29, 1.82) is 0 Å². The van der Waals surface area contributed by atoms with Crippen LogP contribution in [0.5, 0.6) is 0 Å². The van der Waals surface area contributed by atoms with Crippen LogP contribution in [0.4, 0.5) is 23.9 Å². The van der Waals surface area contributed by atoms with Crippen LogP contribution in [0.25, 0.3) is 6.08 Å². The molecule has 1 saturated carbocycles. The molecular formula is C23H24F3N5O2S. The summed E-state index contributed by atoms with van der Waals surface area (Å²) in [5.41, 5.74) is 0.795. The van der Waals surface area contributed by atoms with Crippen molar-refractivity contribution < 1.29 is 22.8 Å². The maximum absolute atomic E-state index is 12.7. The smallest absolute Gasteiger partial charge is 0.351 e. The van der Waals surface area contributed by atoms with E-state index in [0.29, 0.717) is 35.6 Å². The normalized spacial score (nSPS) is 22.1. The third-order valence-electron chi connectivity index (χ3n) is 5.79. The van der Waals surface area contributed by atoms with Crippen molar-refractivity contribution in [2.24, 2.45) is 0 Å². The van der Waals surface area contributed by atoms with Gasteiger partial charge in [-0.3, -0.25) is 14.9 Å². The fourth-order valence-corrected chi connectivity index (χ4v) is 4.65. The summed E-state index contributed by atoms with van der Waals surface area (Å²) in [6, 6.07) is 7.57. The van der Waals surface area contributed by atoms with Crippen LogP contribution in [0, 0.1) is 0 Å². The SMILES string of the molecule is O=C1NC(=O)C(=Cc2ccnc(NC3CCC(NCCc4ccc(C(F)(F)F)cc4)CC3)n2)S1. The number of thioether (sulfide) groups is 1. The van der Waals surface area contributed by atoms with Crippen LogP contribution >= 0.6 is 11.8 Å². The van der Waals surface area contributed by atoms with E-state index in [1.54, 1.807) is 18.3 Å². The first kappa shape index (κ1) is 24.2. The highest BCUT2D eigenvalue weighted by Gasteiger charge is 2.30. The predicted octanol–water partition coefficient (Wildman–Crippen LogP) is 4.37. The van der Waals surface area contributed by atoms with Crippen LogP contribution < -0.4 is 16.0 Å². The second-order valence-electron chi connectivity index (χ2n) is 8.25. The van der Waals surface area contributed by atoms with E-state index >= 15 is 0 Å². The fourth-order valence-electron chi connectivity index (χ4n) is 3.98. The lowest BCUT2D eigenvalue weighted by molar-refractivity contribution is -0.137. The second-order valence-corrected chi connectivity index (χ2v) is 9.26. The van der Waals surface area contributed by atoms with Crippen LogP contribution in [0.1, 0.15) is 42.5 Å². The van der Waals surface area contributed by atoms with Crippen molar-refractivity contribution in [2.45, 2.75) is 50.4 Å². The van der Waals surface area contributed by atoms with E-state index in [1.807, 2.05) is 0 Å². The molecule has 1 aliphatic carbocycles. The van der Waals surface area contributed by atoms with Crippen LogP contribution in [0.15, 0.2) is 41.4 Å². The van der Waals surface area contributed by atoms with E-state index in [0.717, 1.165) is 55.1 Å². The van der Waals surface area contributed by atoms with Gasteiger partial charge in [0.15, 0.2) is 0 Å². The Morgan fingerprint density at radius 3 is 2.41 bits per heavy atom. The molecule has 0 radical (unpaired) electrons. The number of nitrogens with zero attached hydrogens (tertiary/aromatic N) is 2. The molecule has 3 N–H and O–H groups in total. The summed E-state index contributed by atoms with van der Waals surface area (Å²) >= 11 is 0.845. The van der Waals surface area contributed by atoms with Crippen molar-refractivity contribution >= 4 is 34.9 Å². The number of carbonyl (C=O) groups excluding carboxylic acids is 2. The maximum Gasteiger partial charge on any atom is 0.416 e. The molecule has 0 unspecified atom stereocenters. The van der Waals surface area contributed by atoms with Gasteiger partial charge in [0.2, 0.25) is 5.95 Å². The Hall–Kier alpha value is -2.92. The lowest BCUT2D eigenvalue weighted by Crippen LogP contribution is -2.38. The van der Waals surface area contributed by atoms with Gasteiger partial charge in [-0.2, -0.15) is 13.2 Å². The number of nitrogens with one attached hydrogen (secondary N) is 3. The van der Waals surface area contributed by atoms with Crippen molar-refractivity contribution in [2.75, 3.05) is 11.9 Å². The van der Waals surface area contributed by atoms with E-state index in [1.165, 1.54) is 12.1 Å². The molecule has 1 aromatic heterocycles. The molecule has 4 rings (SSSR count). The Bertz CT molecular complexity index is 1070. The molecule has 2 amide bonds. The average Bonchev–Trinajstić information content (AvgIpc) is 3.11. The first-order valence-corrected chi connectivity index (χ1v) is 11.8. The summed E-state index contributed by atoms with van der Waals surface area (Å²) in [5.74, 6) is 0.0510. The third kappa shape index (κ3) is 6.57. The van der Waals surface area contributed by atoms with Gasteiger partial charge < -0.3 is 10.6 Å². The Kier molecular flexibility index (Phi) is 7.52. The molecule has 0 spiro atoms. The summed E-state index contributed by atoms with van der Waals surface area (Å²) < 4.78 is 38.0. The Labute approximate surface area is 199 Å². The van der Waals surface area contributed by atoms with Gasteiger partial charge in [0.05, 0.1) is 16.2 Å². The van der Waals surface area contributed by atoms with Crippen molar-refractivity contribution in [1.82, 2.24) is 20.6 Å². The number of benzene rings is 1. The highest BCUT2D eigenvalue weighted by molar-refractivity contribution is 8.18. The Morgan fingerprint density at radius 2 is 1.76 bits per heavy atom. The first-order chi connectivity index (χ1) is 16.3. The van der Waals surface area contributed by atoms with Crippen LogP contribution in [-0.4, -0.2) is 39.7 Å². The van der Waals surface area contributed by atoms with Crippen LogP contribution in [0.3, 0.4) is 0 Å². The standard InChI is InChI=1S/C23H24F3N5O2S/c24-23(25,26)15-3-1-14(2-4-15)9-11-27-16-5-7-17(8-6-16)29-21-28-12-10-18(30-21)13-19-20(32)31-22(33)34-19/h1-4,10,12-13,16-17,27H,5-9,11H2,(H,28,29,30)(H,31,32,33). The fraction of sp³-hybridized carbons (Fsp3) is 0.391. The molecule has 2 aliphatic rings. The largest absolute Gasteiger partial charge is 0.416 e. The number of rotatable bonds is 7. The summed E-state index contributed by atoms with van der Waals surface area (Å²) in [7, 11) is 0. The molecule has 1 saturated heterocycles. The van der Waals surface area contributed by atoms with Gasteiger partial charge in [0.25, 0.3) is 11.1 Å². The van der Waals surface area contributed by atoms with E-state index < -0.39 is 22.9 Å². The highest BCUT2D eigenvalue weighted by Crippen LogP contribution is 2.29. The quantitative estimate of drug-likeness (QED) is 0.495. The molecule has 2 aromatic rings. The molecule has 2 fully saturated rings. The van der Waals surface area contributed by atoms with E-state index in [9.17, 15) is 22.8 Å². The summed E-state index contributed by atoms with van der Waals surface area (Å²) in [6.45, 7) is 0.710. The predicted molar refractivity (Wildman–Crippen MR) is 124 cm³/mol. The van der Waals surface area contributed by atoms with E-state index in [-0.39, 0.29) is 6.04 Å². The molecule has 7 nitrogen and oxygen atoms in total. The molecular weight excluding hydrogens is 467 g/mol. The highest BCUT2D eigenvalue weighted by atomic mass is 32.2. The number of hydrogen-bond acceptors (Lipinski definition) is 7. The minimum atomic E-state index is -4.31. The molecule has 1 aromatic carbocycles. The number of carbonyl (C=O) groups is 2. The Balaban J connectivity index is 1.21. The number of anilines is 1. The summed E-state index contributed by atoms with van der Waals surface area (Å²) in [4.78, 5) is 32.0. The molecule has 1 aliphatic heterocycles. The topological polar surface area (TPSA) is 96.0 Å². The van der Waals surface area contributed by atoms with E-state index in [4.69, 9.17) is 0 Å². The van der Waals surface area contributed by atoms with Gasteiger partial charge in [0.1, 0.15) is 0 Å². The number of alkyl halides is 3. The molecule has 34 heavy (non-hydrogen) atoms. The average molecular weight is 492 g/mol. The number of hydrogen-bond donors (Lipinski definition) is 3. The summed E-state index contributed by atoms with van der Waals surface area (Å²) in [6.07, 6.45) is 3.33. The summed E-state index contributed by atoms with van der Waals surface area (Å²) in [5, 5.41) is 8.66. The lowest BCUT2D eigenvalue weighted by atomic mass is 9.91. The number of aromatic nitrogens is 2. The molecule has 11 heteroatoms. The van der Waals surface area contributed by atoms with Gasteiger partial charge in [-0.15, -0.1) is 0 Å². The minimum Gasteiger partial charge on any atom is -0.351 e. The van der Waals surface area contributed by atoms with Gasteiger partial charge in [-0.25, -0.2) is 9.97 Å². The van der Waals surface area contributed by atoms with Crippen molar-refractivity contribution in [3.63, 3.8) is 0 Å². The zero-order valence-electron chi connectivity index (χ0n) is 18.2. The zero-order chi connectivity index (χ0) is 24.1.